The molecule has 2 aromatic rings. The van der Waals surface area contributed by atoms with Gasteiger partial charge in [-0.3, -0.25) is 0 Å². The van der Waals surface area contributed by atoms with Gasteiger partial charge in [0.05, 0.1) is 0 Å². The van der Waals surface area contributed by atoms with E-state index in [-0.39, 0.29) is 24.3 Å². The van der Waals surface area contributed by atoms with Gasteiger partial charge in [0.2, 0.25) is 0 Å². The van der Waals surface area contributed by atoms with E-state index in [4.69, 9.17) is 33.7 Å². The Morgan fingerprint density at radius 3 is 2.70 bits per heavy atom. The smallest absolute Gasteiger partial charge is 0.130 e. The molecule has 2 N–H and O–H groups in total. The zero-order valence-corrected chi connectivity index (χ0v) is 14.6. The molecule has 0 aromatic heterocycles. The van der Waals surface area contributed by atoms with E-state index in [2.05, 4.69) is 0 Å². The van der Waals surface area contributed by atoms with Crippen LogP contribution in [0.3, 0.4) is 0 Å². The Balaban J connectivity index is 0.00000192. The van der Waals surface area contributed by atoms with Gasteiger partial charge < -0.3 is 10.5 Å². The summed E-state index contributed by atoms with van der Waals surface area (Å²) in [5.74, 6) is 0.390. The van der Waals surface area contributed by atoms with Gasteiger partial charge in [0.1, 0.15) is 17.7 Å². The summed E-state index contributed by atoms with van der Waals surface area (Å²) < 4.78 is 20.0. The average molecular weight is 377 g/mol. The van der Waals surface area contributed by atoms with E-state index in [1.165, 1.54) is 12.1 Å². The van der Waals surface area contributed by atoms with E-state index in [1.807, 2.05) is 0 Å². The Morgan fingerprint density at radius 1 is 1.17 bits per heavy atom. The first-order chi connectivity index (χ1) is 10.6. The zero-order valence-electron chi connectivity index (χ0n) is 12.3. The third-order valence-corrected chi connectivity index (χ3v) is 4.42. The quantitative estimate of drug-likeness (QED) is 0.792. The molecule has 1 atom stereocenters. The summed E-state index contributed by atoms with van der Waals surface area (Å²) >= 11 is 12.3. The van der Waals surface area contributed by atoms with Gasteiger partial charge in [-0.2, -0.15) is 0 Å². The number of rotatable bonds is 3. The second-order valence-electron chi connectivity index (χ2n) is 5.42. The number of halogens is 4. The maximum atomic E-state index is 14.0. The summed E-state index contributed by atoms with van der Waals surface area (Å²) in [4.78, 5) is 0. The van der Waals surface area contributed by atoms with E-state index in [0.29, 0.717) is 33.5 Å². The first-order valence-corrected chi connectivity index (χ1v) is 7.98. The molecule has 0 fully saturated rings. The molecule has 23 heavy (non-hydrogen) atoms. The molecule has 0 aliphatic carbocycles. The highest BCUT2D eigenvalue weighted by atomic mass is 35.5. The molecule has 0 spiro atoms. The lowest BCUT2D eigenvalue weighted by atomic mass is 9.94. The van der Waals surface area contributed by atoms with Crippen molar-refractivity contribution in [2.45, 2.75) is 25.4 Å². The van der Waals surface area contributed by atoms with Crippen molar-refractivity contribution in [1.29, 1.82) is 0 Å². The highest BCUT2D eigenvalue weighted by Crippen LogP contribution is 2.42. The van der Waals surface area contributed by atoms with Crippen LogP contribution in [0.15, 0.2) is 30.3 Å². The Kier molecular flexibility index (Phi) is 6.15. The van der Waals surface area contributed by atoms with E-state index in [0.717, 1.165) is 24.8 Å². The van der Waals surface area contributed by atoms with Gasteiger partial charge in [0.25, 0.3) is 0 Å². The van der Waals surface area contributed by atoms with Crippen LogP contribution < -0.4 is 10.5 Å². The minimum Gasteiger partial charge on any atom is -0.489 e. The number of hydrogen-bond acceptors (Lipinski definition) is 2. The number of nitrogens with two attached hydrogens (primary N) is 1. The molecule has 2 nitrogen and oxygen atoms in total. The molecule has 0 unspecified atom stereocenters. The van der Waals surface area contributed by atoms with Crippen molar-refractivity contribution >= 4 is 35.6 Å². The summed E-state index contributed by atoms with van der Waals surface area (Å²) in [6.07, 6.45) is 2.44. The van der Waals surface area contributed by atoms with Crippen LogP contribution in [0.25, 0.3) is 11.1 Å². The van der Waals surface area contributed by atoms with Crippen LogP contribution in [0.1, 0.15) is 18.4 Å². The van der Waals surface area contributed by atoms with Crippen LogP contribution in [0, 0.1) is 5.82 Å². The predicted octanol–water partition coefficient (Wildman–Crippen LogP) is 5.26. The molecule has 0 bridgehead atoms. The van der Waals surface area contributed by atoms with Crippen LogP contribution in [-0.2, 0) is 6.42 Å². The summed E-state index contributed by atoms with van der Waals surface area (Å²) in [7, 11) is 0. The summed E-state index contributed by atoms with van der Waals surface area (Å²) in [6, 6.07) is 8.11. The lowest BCUT2D eigenvalue weighted by Gasteiger charge is -2.28. The van der Waals surface area contributed by atoms with Crippen LogP contribution >= 0.6 is 35.6 Å². The molecule has 1 aliphatic rings. The van der Waals surface area contributed by atoms with Crippen molar-refractivity contribution in [3.8, 4) is 16.9 Å². The Morgan fingerprint density at radius 2 is 1.96 bits per heavy atom. The van der Waals surface area contributed by atoms with E-state index < -0.39 is 0 Å². The van der Waals surface area contributed by atoms with E-state index in [1.54, 1.807) is 18.2 Å². The number of ether oxygens (including phenoxy) is 1. The standard InChI is InChI=1S/C17H16Cl2FNO.ClH/c18-11-2-4-16(19)14(8-11)15-9-12(20)7-10-1-3-13(5-6-21)22-17(10)15;/h2,4,7-9,13H,1,3,5-6,21H2;1H/t13-;/m1./s1. The lowest BCUT2D eigenvalue weighted by Crippen LogP contribution is -2.26. The minimum absolute atomic E-state index is 0. The molecule has 2 aromatic carbocycles. The van der Waals surface area contributed by atoms with Gasteiger partial charge >= 0.3 is 0 Å². The monoisotopic (exact) mass is 375 g/mol. The molecule has 0 radical (unpaired) electrons. The van der Waals surface area contributed by atoms with Crippen molar-refractivity contribution < 1.29 is 9.13 Å². The maximum absolute atomic E-state index is 14.0. The van der Waals surface area contributed by atoms with Crippen LogP contribution in [0.4, 0.5) is 4.39 Å². The minimum atomic E-state index is -0.300. The molecule has 0 amide bonds. The highest BCUT2D eigenvalue weighted by Gasteiger charge is 2.24. The van der Waals surface area contributed by atoms with Crippen molar-refractivity contribution in [3.05, 3.63) is 51.8 Å². The number of hydrogen-bond donors (Lipinski definition) is 1. The second-order valence-corrected chi connectivity index (χ2v) is 6.27. The molecule has 0 saturated heterocycles. The van der Waals surface area contributed by atoms with Gasteiger partial charge in [-0.25, -0.2) is 4.39 Å². The first kappa shape index (κ1) is 18.3. The van der Waals surface area contributed by atoms with Crippen LogP contribution in [0.5, 0.6) is 5.75 Å². The Labute approximate surface area is 151 Å². The third kappa shape index (κ3) is 3.92. The fourth-order valence-electron chi connectivity index (χ4n) is 2.81. The number of fused-ring (bicyclic) bond motifs is 1. The van der Waals surface area contributed by atoms with Gasteiger partial charge in [-0.15, -0.1) is 12.4 Å². The van der Waals surface area contributed by atoms with Gasteiger partial charge in [0, 0.05) is 21.2 Å². The lowest BCUT2D eigenvalue weighted by molar-refractivity contribution is 0.167. The van der Waals surface area contributed by atoms with Gasteiger partial charge in [-0.05, 0) is 61.7 Å². The number of aryl methyl sites for hydroxylation is 1. The third-order valence-electron chi connectivity index (χ3n) is 3.86. The van der Waals surface area contributed by atoms with Crippen molar-refractivity contribution in [2.75, 3.05) is 6.54 Å². The van der Waals surface area contributed by atoms with Crippen molar-refractivity contribution in [2.24, 2.45) is 5.73 Å². The Hall–Kier alpha value is -1.00. The highest BCUT2D eigenvalue weighted by molar-refractivity contribution is 6.35. The van der Waals surface area contributed by atoms with E-state index >= 15 is 0 Å². The fourth-order valence-corrected chi connectivity index (χ4v) is 3.20. The normalized spacial score (nSPS) is 16.3. The average Bonchev–Trinajstić information content (AvgIpc) is 2.49. The SMILES string of the molecule is Cl.NCC[C@H]1CCc2cc(F)cc(-c3cc(Cl)ccc3Cl)c2O1. The maximum Gasteiger partial charge on any atom is 0.130 e. The molecular formula is C17H17Cl3FNO. The van der Waals surface area contributed by atoms with Crippen LogP contribution in [0.2, 0.25) is 10.0 Å². The number of benzene rings is 2. The molecule has 124 valence electrons. The Bertz CT molecular complexity index is 708. The predicted molar refractivity (Wildman–Crippen MR) is 95.5 cm³/mol. The van der Waals surface area contributed by atoms with Gasteiger partial charge in [-0.1, -0.05) is 23.2 Å². The fraction of sp³-hybridized carbons (Fsp3) is 0.294. The zero-order chi connectivity index (χ0) is 15.7. The van der Waals surface area contributed by atoms with Crippen molar-refractivity contribution in [3.63, 3.8) is 0 Å². The largest absolute Gasteiger partial charge is 0.489 e. The van der Waals surface area contributed by atoms with Crippen LogP contribution in [-0.4, -0.2) is 12.6 Å². The topological polar surface area (TPSA) is 35.2 Å². The second kappa shape index (κ2) is 7.71. The molecule has 3 rings (SSSR count). The molecule has 1 aliphatic heterocycles. The summed E-state index contributed by atoms with van der Waals surface area (Å²) in [5.41, 5.74) is 7.80. The first-order valence-electron chi connectivity index (χ1n) is 7.23. The van der Waals surface area contributed by atoms with Crippen molar-refractivity contribution in [1.82, 2.24) is 0 Å². The molecule has 0 saturated carbocycles. The molecule has 1 heterocycles. The summed E-state index contributed by atoms with van der Waals surface area (Å²) in [5, 5.41) is 1.06. The van der Waals surface area contributed by atoms with Gasteiger partial charge in [0.15, 0.2) is 0 Å². The summed E-state index contributed by atoms with van der Waals surface area (Å²) in [6.45, 7) is 0.564. The van der Waals surface area contributed by atoms with E-state index in [9.17, 15) is 4.39 Å². The molecular weight excluding hydrogens is 360 g/mol. The molecule has 6 heteroatoms.